The standard InChI is InChI=1S/C23H35NO/c1-4-5-6-7-18-8-10-19(11-9-18)20-12-14-21(15-13-20)23-24-22(16-25-23)17(2)3/h12-15,17-19,22H,4-11,16H2,1-3H3/t18?,19?,22-/m1/s1. The molecule has 1 heterocycles. The Bertz CT molecular complexity index is 552. The van der Waals surface area contributed by atoms with E-state index in [0.717, 1.165) is 29.9 Å². The Labute approximate surface area is 154 Å². The summed E-state index contributed by atoms with van der Waals surface area (Å²) >= 11 is 0. The maximum Gasteiger partial charge on any atom is 0.216 e. The van der Waals surface area contributed by atoms with Crippen LogP contribution in [0.1, 0.15) is 89.2 Å². The molecule has 1 aromatic carbocycles. The van der Waals surface area contributed by atoms with E-state index in [9.17, 15) is 0 Å². The monoisotopic (exact) mass is 341 g/mol. The van der Waals surface area contributed by atoms with Crippen LogP contribution in [0.2, 0.25) is 0 Å². The van der Waals surface area contributed by atoms with Crippen LogP contribution in [0, 0.1) is 11.8 Å². The lowest BCUT2D eigenvalue weighted by Gasteiger charge is -2.29. The number of rotatable bonds is 7. The maximum atomic E-state index is 5.81. The summed E-state index contributed by atoms with van der Waals surface area (Å²) in [4.78, 5) is 4.74. The minimum absolute atomic E-state index is 0.317. The van der Waals surface area contributed by atoms with Crippen LogP contribution in [0.15, 0.2) is 29.3 Å². The number of nitrogens with zero attached hydrogens (tertiary/aromatic N) is 1. The lowest BCUT2D eigenvalue weighted by atomic mass is 9.77. The van der Waals surface area contributed by atoms with Crippen molar-refractivity contribution >= 4 is 5.90 Å². The van der Waals surface area contributed by atoms with E-state index in [4.69, 9.17) is 9.73 Å². The summed E-state index contributed by atoms with van der Waals surface area (Å²) in [5.41, 5.74) is 2.65. The van der Waals surface area contributed by atoms with E-state index < -0.39 is 0 Å². The third kappa shape index (κ3) is 4.86. The van der Waals surface area contributed by atoms with Crippen molar-refractivity contribution in [2.24, 2.45) is 16.8 Å². The molecule has 1 aliphatic heterocycles. The molecule has 0 bridgehead atoms. The smallest absolute Gasteiger partial charge is 0.216 e. The van der Waals surface area contributed by atoms with Crippen LogP contribution in [-0.4, -0.2) is 18.5 Å². The van der Waals surface area contributed by atoms with E-state index >= 15 is 0 Å². The molecule has 0 spiro atoms. The van der Waals surface area contributed by atoms with E-state index in [2.05, 4.69) is 45.0 Å². The Morgan fingerprint density at radius 1 is 1.04 bits per heavy atom. The van der Waals surface area contributed by atoms with Crippen LogP contribution >= 0.6 is 0 Å². The molecule has 25 heavy (non-hydrogen) atoms. The molecule has 0 saturated heterocycles. The van der Waals surface area contributed by atoms with Crippen LogP contribution in [0.3, 0.4) is 0 Å². The van der Waals surface area contributed by atoms with Gasteiger partial charge < -0.3 is 4.74 Å². The molecule has 0 N–H and O–H groups in total. The molecule has 1 saturated carbocycles. The number of hydrogen-bond donors (Lipinski definition) is 0. The zero-order valence-electron chi connectivity index (χ0n) is 16.3. The Balaban J connectivity index is 1.53. The topological polar surface area (TPSA) is 21.6 Å². The van der Waals surface area contributed by atoms with Gasteiger partial charge in [0.25, 0.3) is 0 Å². The van der Waals surface area contributed by atoms with E-state index in [1.54, 1.807) is 0 Å². The zero-order chi connectivity index (χ0) is 17.6. The third-order valence-corrected chi connectivity index (χ3v) is 6.14. The summed E-state index contributed by atoms with van der Waals surface area (Å²) in [6.07, 6.45) is 11.2. The highest BCUT2D eigenvalue weighted by atomic mass is 16.5. The van der Waals surface area contributed by atoms with Crippen LogP contribution in [0.25, 0.3) is 0 Å². The molecule has 2 heteroatoms. The lowest BCUT2D eigenvalue weighted by Crippen LogP contribution is -2.13. The second kappa shape index (κ2) is 8.87. The van der Waals surface area contributed by atoms with Crippen molar-refractivity contribution in [1.82, 2.24) is 0 Å². The van der Waals surface area contributed by atoms with Gasteiger partial charge >= 0.3 is 0 Å². The molecule has 0 unspecified atom stereocenters. The summed E-state index contributed by atoms with van der Waals surface area (Å²) in [6, 6.07) is 9.37. The molecule has 1 aromatic rings. The van der Waals surface area contributed by atoms with Crippen molar-refractivity contribution in [2.75, 3.05) is 6.61 Å². The molecule has 2 nitrogen and oxygen atoms in total. The van der Waals surface area contributed by atoms with Crippen molar-refractivity contribution in [3.63, 3.8) is 0 Å². The molecule has 0 radical (unpaired) electrons. The van der Waals surface area contributed by atoms with Crippen molar-refractivity contribution in [2.45, 2.75) is 84.1 Å². The van der Waals surface area contributed by atoms with E-state index in [-0.39, 0.29) is 0 Å². The first-order valence-electron chi connectivity index (χ1n) is 10.5. The first-order valence-corrected chi connectivity index (χ1v) is 10.5. The van der Waals surface area contributed by atoms with Gasteiger partial charge in [-0.25, -0.2) is 4.99 Å². The van der Waals surface area contributed by atoms with Gasteiger partial charge in [-0.1, -0.05) is 58.6 Å². The Hall–Kier alpha value is -1.31. The lowest BCUT2D eigenvalue weighted by molar-refractivity contribution is 0.292. The predicted molar refractivity (Wildman–Crippen MR) is 106 cm³/mol. The number of unbranched alkanes of at least 4 members (excludes halogenated alkanes) is 2. The quantitative estimate of drug-likeness (QED) is 0.530. The average molecular weight is 342 g/mol. The van der Waals surface area contributed by atoms with Crippen molar-refractivity contribution in [1.29, 1.82) is 0 Å². The average Bonchev–Trinajstić information content (AvgIpc) is 3.13. The molecule has 1 fully saturated rings. The fraction of sp³-hybridized carbons (Fsp3) is 0.696. The molecule has 1 aliphatic carbocycles. The Morgan fingerprint density at radius 2 is 1.76 bits per heavy atom. The highest BCUT2D eigenvalue weighted by Crippen LogP contribution is 2.37. The van der Waals surface area contributed by atoms with Crippen LogP contribution in [0.4, 0.5) is 0 Å². The fourth-order valence-electron chi connectivity index (χ4n) is 4.25. The summed E-state index contributed by atoms with van der Waals surface area (Å²) < 4.78 is 5.81. The first-order chi connectivity index (χ1) is 12.2. The number of aliphatic imine (C=N–C) groups is 1. The molecule has 2 aliphatic rings. The molecule has 138 valence electrons. The van der Waals surface area contributed by atoms with Gasteiger partial charge in [0.15, 0.2) is 0 Å². The van der Waals surface area contributed by atoms with E-state index in [0.29, 0.717) is 12.0 Å². The van der Waals surface area contributed by atoms with Gasteiger partial charge in [-0.15, -0.1) is 0 Å². The van der Waals surface area contributed by atoms with Gasteiger partial charge in [0.2, 0.25) is 5.90 Å². The van der Waals surface area contributed by atoms with Crippen LogP contribution < -0.4 is 0 Å². The van der Waals surface area contributed by atoms with Gasteiger partial charge in [0.1, 0.15) is 6.61 Å². The van der Waals surface area contributed by atoms with Gasteiger partial charge in [-0.05, 0) is 61.1 Å². The zero-order valence-corrected chi connectivity index (χ0v) is 16.3. The second-order valence-electron chi connectivity index (χ2n) is 8.39. The number of hydrogen-bond acceptors (Lipinski definition) is 2. The van der Waals surface area contributed by atoms with Gasteiger partial charge in [-0.2, -0.15) is 0 Å². The van der Waals surface area contributed by atoms with E-state index in [1.165, 1.54) is 56.9 Å². The molecule has 0 aromatic heterocycles. The molecule has 1 atom stereocenters. The van der Waals surface area contributed by atoms with E-state index in [1.807, 2.05) is 0 Å². The summed E-state index contributed by atoms with van der Waals surface area (Å²) in [5.74, 6) is 3.12. The Morgan fingerprint density at radius 3 is 2.36 bits per heavy atom. The maximum absolute atomic E-state index is 5.81. The minimum atomic E-state index is 0.317. The highest BCUT2D eigenvalue weighted by Gasteiger charge is 2.24. The van der Waals surface area contributed by atoms with Crippen LogP contribution in [-0.2, 0) is 4.74 Å². The summed E-state index contributed by atoms with van der Waals surface area (Å²) in [6.45, 7) is 7.45. The molecular formula is C23H35NO. The molecule has 3 rings (SSSR count). The largest absolute Gasteiger partial charge is 0.475 e. The summed E-state index contributed by atoms with van der Waals surface area (Å²) in [7, 11) is 0. The van der Waals surface area contributed by atoms with Crippen molar-refractivity contribution < 1.29 is 4.74 Å². The van der Waals surface area contributed by atoms with Gasteiger partial charge in [0.05, 0.1) is 6.04 Å². The normalized spacial score (nSPS) is 26.6. The van der Waals surface area contributed by atoms with Gasteiger partial charge in [0, 0.05) is 5.56 Å². The summed E-state index contributed by atoms with van der Waals surface area (Å²) in [5, 5.41) is 0. The van der Waals surface area contributed by atoms with Gasteiger partial charge in [-0.3, -0.25) is 0 Å². The Kier molecular flexibility index (Phi) is 6.56. The predicted octanol–water partition coefficient (Wildman–Crippen LogP) is 6.34. The number of ether oxygens (including phenoxy) is 1. The van der Waals surface area contributed by atoms with Crippen molar-refractivity contribution in [3.8, 4) is 0 Å². The second-order valence-corrected chi connectivity index (χ2v) is 8.39. The highest BCUT2D eigenvalue weighted by molar-refractivity contribution is 5.95. The fourth-order valence-corrected chi connectivity index (χ4v) is 4.25. The third-order valence-electron chi connectivity index (χ3n) is 6.14. The SMILES string of the molecule is CCCCCC1CCC(c2ccc(C3=N[C@@H](C(C)C)CO3)cc2)CC1. The molecule has 0 amide bonds. The van der Waals surface area contributed by atoms with Crippen molar-refractivity contribution in [3.05, 3.63) is 35.4 Å². The van der Waals surface area contributed by atoms with Crippen LogP contribution in [0.5, 0.6) is 0 Å². The molecular weight excluding hydrogens is 306 g/mol. The number of benzene rings is 1. The minimum Gasteiger partial charge on any atom is -0.475 e. The first kappa shape index (κ1) is 18.5.